The second kappa shape index (κ2) is 8.91. The molecule has 0 aliphatic carbocycles. The maximum Gasteiger partial charge on any atom is 0.124 e. The van der Waals surface area contributed by atoms with Gasteiger partial charge in [-0.2, -0.15) is 0 Å². The normalized spacial score (nSPS) is 12.7. The molecule has 108 valence electrons. The zero-order chi connectivity index (χ0) is 14.1. The molecule has 2 N–H and O–H groups in total. The molecule has 0 heterocycles. The highest BCUT2D eigenvalue weighted by Crippen LogP contribution is 2.23. The molecule has 0 fully saturated rings. The monoisotopic (exact) mass is 266 g/mol. The number of likely N-dealkylation sites (N-methyl/N-ethyl adjacent to an activating group) is 1. The molecule has 0 aromatic heterocycles. The van der Waals surface area contributed by atoms with Gasteiger partial charge >= 0.3 is 0 Å². The van der Waals surface area contributed by atoms with E-state index in [1.807, 2.05) is 38.1 Å². The molecule has 0 spiro atoms. The first-order valence-electron chi connectivity index (χ1n) is 6.92. The minimum Gasteiger partial charge on any atom is -0.494 e. The van der Waals surface area contributed by atoms with E-state index in [2.05, 4.69) is 11.9 Å². The summed E-state index contributed by atoms with van der Waals surface area (Å²) in [6.45, 7) is 7.82. The van der Waals surface area contributed by atoms with E-state index < -0.39 is 0 Å². The summed E-state index contributed by atoms with van der Waals surface area (Å²) in [5.74, 6) is 0.885. The lowest BCUT2D eigenvalue weighted by molar-refractivity contribution is 0.120. The van der Waals surface area contributed by atoms with Crippen LogP contribution in [-0.4, -0.2) is 44.9 Å². The molecule has 1 aromatic carbocycles. The Bertz CT molecular complexity index is 358. The number of hydrogen-bond donors (Lipinski definition) is 1. The van der Waals surface area contributed by atoms with Crippen molar-refractivity contribution in [1.82, 2.24) is 4.90 Å². The van der Waals surface area contributed by atoms with Crippen molar-refractivity contribution >= 4 is 0 Å². The minimum absolute atomic E-state index is 0.0469. The van der Waals surface area contributed by atoms with Gasteiger partial charge in [-0.25, -0.2) is 0 Å². The van der Waals surface area contributed by atoms with Crippen LogP contribution < -0.4 is 10.5 Å². The Morgan fingerprint density at radius 3 is 2.63 bits per heavy atom. The summed E-state index contributed by atoms with van der Waals surface area (Å²) in [5, 5.41) is 0. The summed E-state index contributed by atoms with van der Waals surface area (Å²) in [6, 6.07) is 7.93. The largest absolute Gasteiger partial charge is 0.494 e. The number of nitrogens with two attached hydrogens (primary N) is 1. The van der Waals surface area contributed by atoms with Crippen molar-refractivity contribution in [3.05, 3.63) is 29.8 Å². The third-order valence-corrected chi connectivity index (χ3v) is 2.95. The first-order chi connectivity index (χ1) is 9.19. The highest BCUT2D eigenvalue weighted by Gasteiger charge is 2.13. The van der Waals surface area contributed by atoms with Gasteiger partial charge in [0.05, 0.1) is 13.2 Å². The van der Waals surface area contributed by atoms with Crippen LogP contribution in [0.3, 0.4) is 0 Å². The van der Waals surface area contributed by atoms with Crippen molar-refractivity contribution in [2.24, 2.45) is 5.73 Å². The van der Waals surface area contributed by atoms with E-state index in [0.717, 1.165) is 37.6 Å². The van der Waals surface area contributed by atoms with Crippen LogP contribution in [0.15, 0.2) is 24.3 Å². The number of nitrogens with zero attached hydrogens (tertiary/aromatic N) is 1. The summed E-state index contributed by atoms with van der Waals surface area (Å²) in [7, 11) is 2.06. The van der Waals surface area contributed by atoms with E-state index in [4.69, 9.17) is 15.2 Å². The van der Waals surface area contributed by atoms with Crippen molar-refractivity contribution in [2.75, 3.05) is 40.0 Å². The van der Waals surface area contributed by atoms with Crippen LogP contribution in [0.4, 0.5) is 0 Å². The van der Waals surface area contributed by atoms with Crippen molar-refractivity contribution in [3.8, 4) is 5.75 Å². The number of rotatable bonds is 9. The number of benzene rings is 1. The van der Waals surface area contributed by atoms with Crippen LogP contribution in [0.5, 0.6) is 5.75 Å². The predicted octanol–water partition coefficient (Wildman–Crippen LogP) is 2.05. The third-order valence-electron chi connectivity index (χ3n) is 2.95. The Kier molecular flexibility index (Phi) is 7.48. The molecule has 0 saturated heterocycles. The maximum absolute atomic E-state index is 6.27. The summed E-state index contributed by atoms with van der Waals surface area (Å²) >= 11 is 0. The van der Waals surface area contributed by atoms with Crippen LogP contribution >= 0.6 is 0 Å². The summed E-state index contributed by atoms with van der Waals surface area (Å²) in [5.41, 5.74) is 7.33. The van der Waals surface area contributed by atoms with E-state index in [9.17, 15) is 0 Å². The van der Waals surface area contributed by atoms with Crippen LogP contribution in [0.1, 0.15) is 25.5 Å². The third kappa shape index (κ3) is 5.59. The molecule has 0 saturated carbocycles. The number of para-hydroxylation sites is 1. The Morgan fingerprint density at radius 2 is 1.95 bits per heavy atom. The van der Waals surface area contributed by atoms with E-state index >= 15 is 0 Å². The summed E-state index contributed by atoms with van der Waals surface area (Å²) < 4.78 is 11.0. The van der Waals surface area contributed by atoms with Crippen molar-refractivity contribution in [1.29, 1.82) is 0 Å². The van der Waals surface area contributed by atoms with Gasteiger partial charge in [0.25, 0.3) is 0 Å². The van der Waals surface area contributed by atoms with Gasteiger partial charge in [0.15, 0.2) is 0 Å². The van der Waals surface area contributed by atoms with Gasteiger partial charge in [0.2, 0.25) is 0 Å². The molecule has 0 bridgehead atoms. The Labute approximate surface area is 116 Å². The van der Waals surface area contributed by atoms with Gasteiger partial charge < -0.3 is 20.1 Å². The lowest BCUT2D eigenvalue weighted by Gasteiger charge is -2.22. The minimum atomic E-state index is -0.0469. The van der Waals surface area contributed by atoms with Crippen LogP contribution in [0.25, 0.3) is 0 Å². The first kappa shape index (κ1) is 16.0. The van der Waals surface area contributed by atoms with Gasteiger partial charge in [0.1, 0.15) is 5.75 Å². The molecule has 19 heavy (non-hydrogen) atoms. The highest BCUT2D eigenvalue weighted by atomic mass is 16.5. The predicted molar refractivity (Wildman–Crippen MR) is 78.5 cm³/mol. The average Bonchev–Trinajstić information content (AvgIpc) is 2.40. The van der Waals surface area contributed by atoms with Crippen LogP contribution in [0.2, 0.25) is 0 Å². The van der Waals surface area contributed by atoms with Gasteiger partial charge in [-0.1, -0.05) is 18.2 Å². The van der Waals surface area contributed by atoms with Crippen LogP contribution in [0, 0.1) is 0 Å². The molecular weight excluding hydrogens is 240 g/mol. The Balaban J connectivity index is 2.54. The zero-order valence-corrected chi connectivity index (χ0v) is 12.3. The molecule has 0 radical (unpaired) electrons. The lowest BCUT2D eigenvalue weighted by Crippen LogP contribution is -2.31. The van der Waals surface area contributed by atoms with Gasteiger partial charge in [-0.05, 0) is 27.0 Å². The fourth-order valence-electron chi connectivity index (χ4n) is 1.96. The molecule has 1 aromatic rings. The molecule has 1 atom stereocenters. The van der Waals surface area contributed by atoms with E-state index in [1.54, 1.807) is 0 Å². The topological polar surface area (TPSA) is 47.7 Å². The van der Waals surface area contributed by atoms with Gasteiger partial charge in [-0.15, -0.1) is 0 Å². The molecular formula is C15H26N2O2. The molecule has 1 unspecified atom stereocenters. The van der Waals surface area contributed by atoms with Gasteiger partial charge in [-0.3, -0.25) is 0 Å². The molecule has 4 heteroatoms. The van der Waals surface area contributed by atoms with E-state index in [1.165, 1.54) is 0 Å². The average molecular weight is 266 g/mol. The standard InChI is InChI=1S/C15H26N2O2/c1-4-18-11-10-17(3)12-14(16)13-8-6-7-9-15(13)19-5-2/h6-9,14H,4-5,10-12,16H2,1-3H3. The lowest BCUT2D eigenvalue weighted by atomic mass is 10.1. The quantitative estimate of drug-likeness (QED) is 0.695. The smallest absolute Gasteiger partial charge is 0.124 e. The van der Waals surface area contributed by atoms with Gasteiger partial charge in [0, 0.05) is 31.3 Å². The molecule has 0 aliphatic rings. The SMILES string of the molecule is CCOCCN(C)CC(N)c1ccccc1OCC. The Morgan fingerprint density at radius 1 is 1.21 bits per heavy atom. The van der Waals surface area contributed by atoms with E-state index in [0.29, 0.717) is 6.61 Å². The molecule has 0 aliphatic heterocycles. The van der Waals surface area contributed by atoms with Crippen molar-refractivity contribution < 1.29 is 9.47 Å². The maximum atomic E-state index is 6.27. The van der Waals surface area contributed by atoms with Crippen LogP contribution in [-0.2, 0) is 4.74 Å². The van der Waals surface area contributed by atoms with Crippen molar-refractivity contribution in [2.45, 2.75) is 19.9 Å². The van der Waals surface area contributed by atoms with E-state index in [-0.39, 0.29) is 6.04 Å². The number of hydrogen-bond acceptors (Lipinski definition) is 4. The van der Waals surface area contributed by atoms with Crippen molar-refractivity contribution in [3.63, 3.8) is 0 Å². The fraction of sp³-hybridized carbons (Fsp3) is 0.600. The zero-order valence-electron chi connectivity index (χ0n) is 12.3. The molecule has 4 nitrogen and oxygen atoms in total. The Hall–Kier alpha value is -1.10. The first-order valence-corrected chi connectivity index (χ1v) is 6.92. The number of ether oxygens (including phenoxy) is 2. The second-order valence-corrected chi connectivity index (χ2v) is 4.54. The second-order valence-electron chi connectivity index (χ2n) is 4.54. The fourth-order valence-corrected chi connectivity index (χ4v) is 1.96. The molecule has 0 amide bonds. The summed E-state index contributed by atoms with van der Waals surface area (Å²) in [4.78, 5) is 2.18. The molecule has 1 rings (SSSR count). The highest BCUT2D eigenvalue weighted by molar-refractivity contribution is 5.35. The summed E-state index contributed by atoms with van der Waals surface area (Å²) in [6.07, 6.45) is 0.